The minimum atomic E-state index is -0.510. The number of halogens is 2. The quantitative estimate of drug-likeness (QED) is 0.745. The first-order valence-electron chi connectivity index (χ1n) is 8.64. The second-order valence-corrected chi connectivity index (χ2v) is 7.03. The van der Waals surface area contributed by atoms with Crippen LogP contribution in [0.25, 0.3) is 0 Å². The van der Waals surface area contributed by atoms with Gasteiger partial charge in [-0.1, -0.05) is 23.7 Å². The molecule has 26 heavy (non-hydrogen) atoms. The number of methoxy groups -OCH3 is 1. The molecule has 1 aliphatic rings. The minimum absolute atomic E-state index is 0.0749. The van der Waals surface area contributed by atoms with Crippen LogP contribution in [-0.4, -0.2) is 19.1 Å². The number of benzene rings is 2. The van der Waals surface area contributed by atoms with Crippen molar-refractivity contribution in [3.63, 3.8) is 0 Å². The Morgan fingerprint density at radius 3 is 2.54 bits per heavy atom. The summed E-state index contributed by atoms with van der Waals surface area (Å²) >= 11 is 5.87. The SMILES string of the molecule is COc1ccc(C(NC(C)C(=O)Nc2cc(Cl)ccc2F)C2CC2)cc1. The number of carbonyl (C=O) groups excluding carboxylic acids is 1. The molecule has 0 aliphatic heterocycles. The molecule has 2 unspecified atom stereocenters. The second-order valence-electron chi connectivity index (χ2n) is 6.59. The number of hydrogen-bond acceptors (Lipinski definition) is 3. The van der Waals surface area contributed by atoms with Crippen molar-refractivity contribution in [3.05, 3.63) is 58.9 Å². The summed E-state index contributed by atoms with van der Waals surface area (Å²) in [7, 11) is 1.63. The monoisotopic (exact) mass is 376 g/mol. The van der Waals surface area contributed by atoms with Crippen LogP contribution in [0.1, 0.15) is 31.4 Å². The molecule has 0 spiro atoms. The molecule has 4 nitrogen and oxygen atoms in total. The third-order valence-electron chi connectivity index (χ3n) is 4.58. The third-order valence-corrected chi connectivity index (χ3v) is 4.81. The maximum Gasteiger partial charge on any atom is 0.241 e. The minimum Gasteiger partial charge on any atom is -0.497 e. The molecule has 2 N–H and O–H groups in total. The van der Waals surface area contributed by atoms with Gasteiger partial charge in [0.1, 0.15) is 11.6 Å². The fourth-order valence-corrected chi connectivity index (χ4v) is 3.10. The largest absolute Gasteiger partial charge is 0.497 e. The first-order valence-corrected chi connectivity index (χ1v) is 9.01. The molecular formula is C20H22ClFN2O2. The van der Waals surface area contributed by atoms with E-state index >= 15 is 0 Å². The van der Waals surface area contributed by atoms with Crippen LogP contribution in [0.5, 0.6) is 5.75 Å². The highest BCUT2D eigenvalue weighted by Gasteiger charge is 2.34. The van der Waals surface area contributed by atoms with Crippen molar-refractivity contribution in [3.8, 4) is 5.75 Å². The van der Waals surface area contributed by atoms with Crippen LogP contribution in [0.3, 0.4) is 0 Å². The van der Waals surface area contributed by atoms with Crippen LogP contribution in [0.2, 0.25) is 5.02 Å². The van der Waals surface area contributed by atoms with E-state index in [9.17, 15) is 9.18 Å². The number of hydrogen-bond donors (Lipinski definition) is 2. The van der Waals surface area contributed by atoms with Gasteiger partial charge in [-0.05, 0) is 61.6 Å². The van der Waals surface area contributed by atoms with E-state index in [1.165, 1.54) is 18.2 Å². The maximum atomic E-state index is 13.8. The van der Waals surface area contributed by atoms with Crippen molar-refractivity contribution in [1.29, 1.82) is 0 Å². The zero-order valence-electron chi connectivity index (χ0n) is 14.8. The lowest BCUT2D eigenvalue weighted by Crippen LogP contribution is -2.41. The number of nitrogens with one attached hydrogen (secondary N) is 2. The van der Waals surface area contributed by atoms with Gasteiger partial charge < -0.3 is 10.1 Å². The van der Waals surface area contributed by atoms with Gasteiger partial charge in [-0.15, -0.1) is 0 Å². The zero-order chi connectivity index (χ0) is 18.7. The summed E-state index contributed by atoms with van der Waals surface area (Å²) in [6, 6.07) is 11.5. The highest BCUT2D eigenvalue weighted by atomic mass is 35.5. The van der Waals surface area contributed by atoms with E-state index in [2.05, 4.69) is 10.6 Å². The van der Waals surface area contributed by atoms with Crippen molar-refractivity contribution in [2.24, 2.45) is 5.92 Å². The molecule has 0 saturated heterocycles. The van der Waals surface area contributed by atoms with Crippen molar-refractivity contribution in [1.82, 2.24) is 5.32 Å². The molecule has 0 radical (unpaired) electrons. The average molecular weight is 377 g/mol. The van der Waals surface area contributed by atoms with E-state index in [1.54, 1.807) is 14.0 Å². The van der Waals surface area contributed by atoms with Gasteiger partial charge in [0.25, 0.3) is 0 Å². The number of amides is 1. The summed E-state index contributed by atoms with van der Waals surface area (Å²) in [5.41, 5.74) is 1.20. The van der Waals surface area contributed by atoms with Gasteiger partial charge in [-0.25, -0.2) is 4.39 Å². The molecule has 2 atom stereocenters. The van der Waals surface area contributed by atoms with Crippen molar-refractivity contribution in [2.45, 2.75) is 31.8 Å². The average Bonchev–Trinajstić information content (AvgIpc) is 3.47. The summed E-state index contributed by atoms with van der Waals surface area (Å²) in [6.07, 6.45) is 2.25. The van der Waals surface area contributed by atoms with Crippen LogP contribution >= 0.6 is 11.6 Å². The summed E-state index contributed by atoms with van der Waals surface area (Å²) in [6.45, 7) is 1.77. The van der Waals surface area contributed by atoms with Gasteiger partial charge in [-0.2, -0.15) is 0 Å². The van der Waals surface area contributed by atoms with E-state index in [4.69, 9.17) is 16.3 Å². The fourth-order valence-electron chi connectivity index (χ4n) is 2.92. The topological polar surface area (TPSA) is 50.4 Å². The fraction of sp³-hybridized carbons (Fsp3) is 0.350. The lowest BCUT2D eigenvalue weighted by molar-refractivity contribution is -0.118. The maximum absolute atomic E-state index is 13.8. The van der Waals surface area contributed by atoms with Crippen LogP contribution in [0, 0.1) is 11.7 Å². The molecule has 1 aliphatic carbocycles. The molecule has 138 valence electrons. The van der Waals surface area contributed by atoms with Crippen LogP contribution in [-0.2, 0) is 4.79 Å². The van der Waals surface area contributed by atoms with Gasteiger partial charge in [0.2, 0.25) is 5.91 Å². The molecule has 2 aromatic rings. The van der Waals surface area contributed by atoms with Crippen molar-refractivity contribution in [2.75, 3.05) is 12.4 Å². The van der Waals surface area contributed by atoms with Gasteiger partial charge in [-0.3, -0.25) is 10.1 Å². The Balaban J connectivity index is 1.68. The Kier molecular flexibility index (Phi) is 5.79. The molecule has 0 aromatic heterocycles. The Hall–Kier alpha value is -2.11. The smallest absolute Gasteiger partial charge is 0.241 e. The Morgan fingerprint density at radius 2 is 1.92 bits per heavy atom. The Morgan fingerprint density at radius 1 is 1.23 bits per heavy atom. The predicted molar refractivity (Wildman–Crippen MR) is 101 cm³/mol. The molecule has 2 aromatic carbocycles. The molecule has 1 saturated carbocycles. The first-order chi connectivity index (χ1) is 12.5. The molecule has 1 fully saturated rings. The first kappa shape index (κ1) is 18.7. The van der Waals surface area contributed by atoms with Crippen molar-refractivity contribution >= 4 is 23.2 Å². The normalized spacial score (nSPS) is 16.0. The second kappa shape index (κ2) is 8.06. The molecule has 0 bridgehead atoms. The molecular weight excluding hydrogens is 355 g/mol. The molecule has 3 rings (SSSR count). The number of ether oxygens (including phenoxy) is 1. The van der Waals surface area contributed by atoms with Gasteiger partial charge in [0, 0.05) is 11.1 Å². The van der Waals surface area contributed by atoms with E-state index in [0.717, 1.165) is 24.2 Å². The van der Waals surface area contributed by atoms with Gasteiger partial charge in [0.15, 0.2) is 0 Å². The third kappa shape index (κ3) is 4.54. The van der Waals surface area contributed by atoms with Crippen LogP contribution in [0.4, 0.5) is 10.1 Å². The van der Waals surface area contributed by atoms with E-state index < -0.39 is 11.9 Å². The lowest BCUT2D eigenvalue weighted by atomic mass is 10.0. The Labute approximate surface area is 157 Å². The highest BCUT2D eigenvalue weighted by molar-refractivity contribution is 6.30. The van der Waals surface area contributed by atoms with E-state index in [0.29, 0.717) is 10.9 Å². The summed E-state index contributed by atoms with van der Waals surface area (Å²) in [4.78, 5) is 12.5. The Bertz CT molecular complexity index is 778. The summed E-state index contributed by atoms with van der Waals surface area (Å²) < 4.78 is 19.0. The van der Waals surface area contributed by atoms with Crippen LogP contribution in [0.15, 0.2) is 42.5 Å². The van der Waals surface area contributed by atoms with Crippen LogP contribution < -0.4 is 15.4 Å². The number of rotatable bonds is 7. The molecule has 1 amide bonds. The highest BCUT2D eigenvalue weighted by Crippen LogP contribution is 2.41. The summed E-state index contributed by atoms with van der Waals surface area (Å²) in [5.74, 6) is 0.487. The number of anilines is 1. The van der Waals surface area contributed by atoms with Gasteiger partial charge >= 0.3 is 0 Å². The van der Waals surface area contributed by atoms with Crippen molar-refractivity contribution < 1.29 is 13.9 Å². The van der Waals surface area contributed by atoms with Gasteiger partial charge in [0.05, 0.1) is 18.8 Å². The van der Waals surface area contributed by atoms with E-state index in [-0.39, 0.29) is 17.6 Å². The summed E-state index contributed by atoms with van der Waals surface area (Å²) in [5, 5.41) is 6.35. The standard InChI is InChI=1S/C20H22ClFN2O2/c1-12(20(25)24-18-11-15(21)7-10-17(18)22)23-19(13-3-4-13)14-5-8-16(26-2)9-6-14/h5-13,19,23H,3-4H2,1-2H3,(H,24,25). The molecule has 6 heteroatoms. The molecule has 0 heterocycles. The van der Waals surface area contributed by atoms with E-state index in [1.807, 2.05) is 24.3 Å². The number of carbonyl (C=O) groups is 1. The zero-order valence-corrected chi connectivity index (χ0v) is 15.5. The lowest BCUT2D eigenvalue weighted by Gasteiger charge is -2.23. The predicted octanol–water partition coefficient (Wildman–Crippen LogP) is 4.56.